The SMILES string of the molecule is CCCc1cc(C(=O)N2CC[C@@]3(CCCN(CCO)C3=O)C2)cs1. The lowest BCUT2D eigenvalue weighted by Gasteiger charge is -2.39. The number of amides is 2. The average molecular weight is 350 g/mol. The molecule has 2 aliphatic rings. The Balaban J connectivity index is 1.69. The van der Waals surface area contributed by atoms with Crippen LogP contribution >= 0.6 is 11.3 Å². The second-order valence-corrected chi connectivity index (χ2v) is 7.92. The molecule has 1 N–H and O–H groups in total. The van der Waals surface area contributed by atoms with E-state index in [2.05, 4.69) is 6.92 Å². The monoisotopic (exact) mass is 350 g/mol. The molecule has 0 unspecified atom stereocenters. The van der Waals surface area contributed by atoms with E-state index < -0.39 is 5.41 Å². The molecule has 0 saturated carbocycles. The molecule has 3 heterocycles. The molecule has 5 nitrogen and oxygen atoms in total. The number of thiophene rings is 1. The average Bonchev–Trinajstić information content (AvgIpc) is 3.20. The quantitative estimate of drug-likeness (QED) is 0.885. The Hall–Kier alpha value is -1.40. The smallest absolute Gasteiger partial charge is 0.254 e. The second-order valence-electron chi connectivity index (χ2n) is 6.93. The topological polar surface area (TPSA) is 60.9 Å². The molecule has 2 aliphatic heterocycles. The molecule has 2 fully saturated rings. The van der Waals surface area contributed by atoms with Gasteiger partial charge < -0.3 is 14.9 Å². The number of nitrogens with zero attached hydrogens (tertiary/aromatic N) is 2. The summed E-state index contributed by atoms with van der Waals surface area (Å²) in [5, 5.41) is 11.1. The normalized spacial score (nSPS) is 24.2. The van der Waals surface area contributed by atoms with E-state index in [0.717, 1.165) is 44.2 Å². The Bertz CT molecular complexity index is 613. The van der Waals surface area contributed by atoms with Crippen molar-refractivity contribution in [1.29, 1.82) is 0 Å². The number of hydrogen-bond acceptors (Lipinski definition) is 4. The van der Waals surface area contributed by atoms with Crippen molar-refractivity contribution in [3.05, 3.63) is 21.9 Å². The fraction of sp³-hybridized carbons (Fsp3) is 0.667. The zero-order valence-corrected chi connectivity index (χ0v) is 15.1. The highest BCUT2D eigenvalue weighted by atomic mass is 32.1. The minimum absolute atomic E-state index is 0.000423. The predicted octanol–water partition coefficient (Wildman–Crippen LogP) is 2.15. The van der Waals surface area contributed by atoms with Crippen molar-refractivity contribution >= 4 is 23.2 Å². The zero-order valence-electron chi connectivity index (χ0n) is 14.3. The van der Waals surface area contributed by atoms with Crippen LogP contribution in [0.25, 0.3) is 0 Å². The molecule has 0 aliphatic carbocycles. The van der Waals surface area contributed by atoms with E-state index >= 15 is 0 Å². The number of carbonyl (C=O) groups is 2. The van der Waals surface area contributed by atoms with Crippen LogP contribution in [0, 0.1) is 5.41 Å². The fourth-order valence-corrected chi connectivity index (χ4v) is 4.93. The fourth-order valence-electron chi connectivity index (χ4n) is 3.96. The van der Waals surface area contributed by atoms with Crippen molar-refractivity contribution in [2.75, 3.05) is 32.8 Å². The Kier molecular flexibility index (Phi) is 5.25. The van der Waals surface area contributed by atoms with Gasteiger partial charge in [0.2, 0.25) is 5.91 Å². The minimum Gasteiger partial charge on any atom is -0.395 e. The summed E-state index contributed by atoms with van der Waals surface area (Å²) in [4.78, 5) is 30.4. The van der Waals surface area contributed by atoms with E-state index in [-0.39, 0.29) is 18.4 Å². The Morgan fingerprint density at radius 1 is 1.38 bits per heavy atom. The summed E-state index contributed by atoms with van der Waals surface area (Å²) in [5.41, 5.74) is 0.335. The van der Waals surface area contributed by atoms with Gasteiger partial charge in [-0.3, -0.25) is 9.59 Å². The molecule has 3 rings (SSSR count). The predicted molar refractivity (Wildman–Crippen MR) is 94.2 cm³/mol. The summed E-state index contributed by atoms with van der Waals surface area (Å²) in [5.74, 6) is 0.174. The van der Waals surface area contributed by atoms with Crippen LogP contribution < -0.4 is 0 Å². The lowest BCUT2D eigenvalue weighted by Crippen LogP contribution is -2.51. The number of rotatable bonds is 5. The molecule has 24 heavy (non-hydrogen) atoms. The lowest BCUT2D eigenvalue weighted by molar-refractivity contribution is -0.146. The summed E-state index contributed by atoms with van der Waals surface area (Å²) in [6.07, 6.45) is 4.63. The van der Waals surface area contributed by atoms with Crippen LogP contribution in [0.4, 0.5) is 0 Å². The molecule has 1 aromatic heterocycles. The summed E-state index contributed by atoms with van der Waals surface area (Å²) in [6.45, 7) is 4.43. The Morgan fingerprint density at radius 3 is 2.96 bits per heavy atom. The highest BCUT2D eigenvalue weighted by Crippen LogP contribution is 2.40. The van der Waals surface area contributed by atoms with E-state index in [1.807, 2.05) is 16.3 Å². The maximum atomic E-state index is 12.8. The second kappa shape index (κ2) is 7.23. The van der Waals surface area contributed by atoms with Crippen LogP contribution in [0.15, 0.2) is 11.4 Å². The van der Waals surface area contributed by atoms with Gasteiger partial charge in [-0.2, -0.15) is 0 Å². The standard InChI is InChI=1S/C18H26N2O3S/c1-2-4-15-11-14(12-24-15)16(22)20-8-6-18(13-20)5-3-7-19(9-10-21)17(18)23/h11-12,21H,2-10,13H2,1H3/t18-/m0/s1. The number of piperidine rings is 1. The molecule has 132 valence electrons. The number of β-amino-alcohol motifs (C(OH)–C–C–N with tert-alkyl or cyclic N) is 1. The van der Waals surface area contributed by atoms with Gasteiger partial charge in [-0.15, -0.1) is 11.3 Å². The van der Waals surface area contributed by atoms with Gasteiger partial charge in [0, 0.05) is 36.4 Å². The number of carbonyl (C=O) groups excluding carboxylic acids is 2. The van der Waals surface area contributed by atoms with Crippen LogP contribution in [-0.4, -0.2) is 59.5 Å². The van der Waals surface area contributed by atoms with Crippen LogP contribution in [0.1, 0.15) is 47.8 Å². The van der Waals surface area contributed by atoms with Gasteiger partial charge in [0.15, 0.2) is 0 Å². The molecule has 0 bridgehead atoms. The van der Waals surface area contributed by atoms with Gasteiger partial charge in [0.05, 0.1) is 17.6 Å². The Morgan fingerprint density at radius 2 is 2.21 bits per heavy atom. The van der Waals surface area contributed by atoms with Crippen LogP contribution in [0.2, 0.25) is 0 Å². The molecule has 1 aromatic rings. The third-order valence-electron chi connectivity index (χ3n) is 5.23. The first-order valence-electron chi connectivity index (χ1n) is 8.86. The summed E-state index contributed by atoms with van der Waals surface area (Å²) in [6, 6.07) is 2.00. The van der Waals surface area contributed by atoms with Crippen molar-refractivity contribution in [3.63, 3.8) is 0 Å². The first kappa shape index (κ1) is 17.4. The van der Waals surface area contributed by atoms with Gasteiger partial charge in [-0.1, -0.05) is 13.3 Å². The molecular formula is C18H26N2O3S. The van der Waals surface area contributed by atoms with E-state index in [0.29, 0.717) is 19.6 Å². The highest BCUT2D eigenvalue weighted by Gasteiger charge is 2.49. The van der Waals surface area contributed by atoms with Gasteiger partial charge in [0.1, 0.15) is 0 Å². The summed E-state index contributed by atoms with van der Waals surface area (Å²) >= 11 is 1.65. The van der Waals surface area contributed by atoms with E-state index in [4.69, 9.17) is 5.11 Å². The van der Waals surface area contributed by atoms with E-state index in [9.17, 15) is 9.59 Å². The Labute approximate surface area is 147 Å². The maximum absolute atomic E-state index is 12.8. The molecule has 1 atom stereocenters. The van der Waals surface area contributed by atoms with Crippen molar-refractivity contribution < 1.29 is 14.7 Å². The van der Waals surface area contributed by atoms with Crippen molar-refractivity contribution in [3.8, 4) is 0 Å². The van der Waals surface area contributed by atoms with Gasteiger partial charge >= 0.3 is 0 Å². The van der Waals surface area contributed by atoms with Crippen LogP contribution in [-0.2, 0) is 11.2 Å². The first-order valence-corrected chi connectivity index (χ1v) is 9.74. The molecule has 6 heteroatoms. The zero-order chi connectivity index (χ0) is 17.2. The molecule has 2 amide bonds. The molecular weight excluding hydrogens is 324 g/mol. The molecule has 2 saturated heterocycles. The molecule has 0 radical (unpaired) electrons. The van der Waals surface area contributed by atoms with E-state index in [1.165, 1.54) is 4.88 Å². The molecule has 1 spiro atoms. The third kappa shape index (κ3) is 3.22. The lowest BCUT2D eigenvalue weighted by atomic mass is 9.78. The van der Waals surface area contributed by atoms with Crippen molar-refractivity contribution in [2.45, 2.75) is 39.0 Å². The minimum atomic E-state index is -0.425. The highest BCUT2D eigenvalue weighted by molar-refractivity contribution is 7.10. The first-order chi connectivity index (χ1) is 11.6. The van der Waals surface area contributed by atoms with Gasteiger partial charge in [-0.25, -0.2) is 0 Å². The molecule has 0 aromatic carbocycles. The maximum Gasteiger partial charge on any atom is 0.254 e. The van der Waals surface area contributed by atoms with Crippen LogP contribution in [0.5, 0.6) is 0 Å². The number of aliphatic hydroxyl groups excluding tert-OH is 1. The number of likely N-dealkylation sites (tertiary alicyclic amines) is 2. The number of aryl methyl sites for hydroxylation is 1. The largest absolute Gasteiger partial charge is 0.395 e. The van der Waals surface area contributed by atoms with Crippen molar-refractivity contribution in [1.82, 2.24) is 9.80 Å². The van der Waals surface area contributed by atoms with Gasteiger partial charge in [-0.05, 0) is 31.7 Å². The van der Waals surface area contributed by atoms with Gasteiger partial charge in [0.25, 0.3) is 5.91 Å². The summed E-state index contributed by atoms with van der Waals surface area (Å²) < 4.78 is 0. The van der Waals surface area contributed by atoms with E-state index in [1.54, 1.807) is 16.2 Å². The third-order valence-corrected chi connectivity index (χ3v) is 6.23. The number of hydrogen-bond donors (Lipinski definition) is 1. The van der Waals surface area contributed by atoms with Crippen molar-refractivity contribution in [2.24, 2.45) is 5.41 Å². The van der Waals surface area contributed by atoms with Crippen LogP contribution in [0.3, 0.4) is 0 Å². The summed E-state index contributed by atoms with van der Waals surface area (Å²) in [7, 11) is 0. The number of aliphatic hydroxyl groups is 1.